The zero-order valence-corrected chi connectivity index (χ0v) is 13.1. The number of rotatable bonds is 4. The Morgan fingerprint density at radius 3 is 2.80 bits per heavy atom. The number of fused-ring (bicyclic) bond motifs is 1. The molecule has 1 atom stereocenters. The van der Waals surface area contributed by atoms with Gasteiger partial charge in [-0.25, -0.2) is 0 Å². The van der Waals surface area contributed by atoms with Crippen LogP contribution in [-0.2, 0) is 6.42 Å². The molecule has 0 spiro atoms. The first-order chi connectivity index (χ1) is 9.92. The van der Waals surface area contributed by atoms with E-state index in [2.05, 4.69) is 21.7 Å². The molecule has 1 unspecified atom stereocenters. The predicted octanol–water partition coefficient (Wildman–Crippen LogP) is 3.59. The number of hydrogen-bond acceptors (Lipinski definition) is 3. The maximum absolute atomic E-state index is 3.51. The summed E-state index contributed by atoms with van der Waals surface area (Å²) in [5.41, 5.74) is 1.68. The molecule has 1 saturated carbocycles. The van der Waals surface area contributed by atoms with Crippen molar-refractivity contribution < 1.29 is 0 Å². The monoisotopic (exact) mass is 290 g/mol. The molecule has 0 bridgehead atoms. The largest absolute Gasteiger partial charge is 0.317 e. The van der Waals surface area contributed by atoms with Gasteiger partial charge in [0.15, 0.2) is 0 Å². The van der Waals surface area contributed by atoms with Crippen LogP contribution in [0.1, 0.15) is 55.0 Å². The van der Waals surface area contributed by atoms with Crippen molar-refractivity contribution in [2.24, 2.45) is 5.92 Å². The number of thiophene rings is 1. The number of nitrogens with one attached hydrogen (secondary N) is 1. The summed E-state index contributed by atoms with van der Waals surface area (Å²) in [6.45, 7) is 3.82. The molecular weight excluding hydrogens is 264 g/mol. The highest BCUT2D eigenvalue weighted by molar-refractivity contribution is 7.10. The zero-order valence-electron chi connectivity index (χ0n) is 12.3. The lowest BCUT2D eigenvalue weighted by molar-refractivity contribution is 0.130. The number of hydrogen-bond donors (Lipinski definition) is 1. The van der Waals surface area contributed by atoms with Crippen molar-refractivity contribution in [3.8, 4) is 0 Å². The van der Waals surface area contributed by atoms with Crippen molar-refractivity contribution >= 4 is 11.3 Å². The van der Waals surface area contributed by atoms with Gasteiger partial charge in [-0.1, -0.05) is 0 Å². The third-order valence-corrected chi connectivity index (χ3v) is 6.36. The normalized spacial score (nSPS) is 27.8. The van der Waals surface area contributed by atoms with Gasteiger partial charge in [0, 0.05) is 23.5 Å². The fraction of sp³-hybridized carbons (Fsp3) is 0.765. The van der Waals surface area contributed by atoms with E-state index in [1.807, 2.05) is 11.3 Å². The first-order valence-electron chi connectivity index (χ1n) is 8.44. The van der Waals surface area contributed by atoms with E-state index in [0.717, 1.165) is 18.0 Å². The predicted molar refractivity (Wildman–Crippen MR) is 85.3 cm³/mol. The van der Waals surface area contributed by atoms with Gasteiger partial charge in [-0.15, -0.1) is 11.3 Å². The smallest absolute Gasteiger partial charge is 0.0362 e. The Hall–Kier alpha value is -0.380. The second-order valence-corrected chi connectivity index (χ2v) is 7.83. The topological polar surface area (TPSA) is 15.3 Å². The Kier molecular flexibility index (Phi) is 3.84. The van der Waals surface area contributed by atoms with E-state index in [1.54, 1.807) is 10.4 Å². The Morgan fingerprint density at radius 2 is 2.00 bits per heavy atom. The van der Waals surface area contributed by atoms with Crippen LogP contribution in [0.15, 0.2) is 11.4 Å². The Balaban J connectivity index is 1.51. The van der Waals surface area contributed by atoms with E-state index in [4.69, 9.17) is 0 Å². The fourth-order valence-corrected chi connectivity index (χ4v) is 5.09. The second-order valence-electron chi connectivity index (χ2n) is 6.83. The summed E-state index contributed by atoms with van der Waals surface area (Å²) in [5.74, 6) is 0.931. The van der Waals surface area contributed by atoms with Crippen LogP contribution in [0.5, 0.6) is 0 Å². The standard InChI is InChI=1S/C17H26N2S/c1-2-16(15-8-11-20-17(15)3-1)19(14-4-5-14)12-13-6-9-18-10-7-13/h8,11,13-14,16,18H,1-7,9-10,12H2. The van der Waals surface area contributed by atoms with Crippen molar-refractivity contribution in [1.82, 2.24) is 10.2 Å². The maximum Gasteiger partial charge on any atom is 0.0362 e. The lowest BCUT2D eigenvalue weighted by atomic mass is 9.90. The molecule has 110 valence electrons. The average molecular weight is 290 g/mol. The van der Waals surface area contributed by atoms with Crippen molar-refractivity contribution in [3.05, 3.63) is 21.9 Å². The van der Waals surface area contributed by atoms with Gasteiger partial charge < -0.3 is 5.32 Å². The molecule has 3 heteroatoms. The molecule has 1 N–H and O–H groups in total. The van der Waals surface area contributed by atoms with E-state index in [1.165, 1.54) is 64.6 Å². The molecule has 20 heavy (non-hydrogen) atoms. The third-order valence-electron chi connectivity index (χ3n) is 5.36. The summed E-state index contributed by atoms with van der Waals surface area (Å²) in [4.78, 5) is 4.58. The van der Waals surface area contributed by atoms with Gasteiger partial charge in [-0.2, -0.15) is 0 Å². The first-order valence-corrected chi connectivity index (χ1v) is 9.32. The Morgan fingerprint density at radius 1 is 1.15 bits per heavy atom. The van der Waals surface area contributed by atoms with Crippen molar-refractivity contribution in [2.75, 3.05) is 19.6 Å². The third kappa shape index (κ3) is 2.68. The zero-order chi connectivity index (χ0) is 13.4. The van der Waals surface area contributed by atoms with Gasteiger partial charge in [-0.05, 0) is 81.0 Å². The molecule has 0 aromatic carbocycles. The van der Waals surface area contributed by atoms with Crippen molar-refractivity contribution in [2.45, 2.75) is 57.0 Å². The van der Waals surface area contributed by atoms with Crippen molar-refractivity contribution in [1.29, 1.82) is 0 Å². The van der Waals surface area contributed by atoms with E-state index >= 15 is 0 Å². The Labute approximate surface area is 126 Å². The van der Waals surface area contributed by atoms with Gasteiger partial charge in [-0.3, -0.25) is 4.90 Å². The molecule has 1 saturated heterocycles. The molecule has 1 aromatic rings. The summed E-state index contributed by atoms with van der Waals surface area (Å²) in [7, 11) is 0. The number of piperidine rings is 1. The highest BCUT2D eigenvalue weighted by atomic mass is 32.1. The van der Waals surface area contributed by atoms with Crippen LogP contribution in [0, 0.1) is 5.92 Å². The highest BCUT2D eigenvalue weighted by Gasteiger charge is 2.37. The quantitative estimate of drug-likeness (QED) is 0.911. The minimum Gasteiger partial charge on any atom is -0.317 e. The highest BCUT2D eigenvalue weighted by Crippen LogP contribution is 2.43. The Bertz CT molecular complexity index is 446. The van der Waals surface area contributed by atoms with Crippen LogP contribution in [0.3, 0.4) is 0 Å². The summed E-state index contributed by atoms with van der Waals surface area (Å²) in [6.07, 6.45) is 9.77. The lowest BCUT2D eigenvalue weighted by Gasteiger charge is -2.38. The van der Waals surface area contributed by atoms with Gasteiger partial charge in [0.25, 0.3) is 0 Å². The van der Waals surface area contributed by atoms with Gasteiger partial charge in [0.05, 0.1) is 0 Å². The van der Waals surface area contributed by atoms with Gasteiger partial charge in [0.2, 0.25) is 0 Å². The van der Waals surface area contributed by atoms with Crippen molar-refractivity contribution in [3.63, 3.8) is 0 Å². The minimum atomic E-state index is 0.743. The molecular formula is C17H26N2S. The minimum absolute atomic E-state index is 0.743. The lowest BCUT2D eigenvalue weighted by Crippen LogP contribution is -2.40. The van der Waals surface area contributed by atoms with Crippen LogP contribution in [0.4, 0.5) is 0 Å². The number of aryl methyl sites for hydroxylation is 1. The van der Waals surface area contributed by atoms with Crippen LogP contribution in [-0.4, -0.2) is 30.6 Å². The number of nitrogens with zero attached hydrogens (tertiary/aromatic N) is 1. The SMILES string of the molecule is c1cc2c(s1)CCCC2N(CC1CCNCC1)C1CC1. The molecule has 0 radical (unpaired) electrons. The molecule has 0 amide bonds. The molecule has 3 aliphatic rings. The second kappa shape index (κ2) is 5.78. The van der Waals surface area contributed by atoms with E-state index in [0.29, 0.717) is 0 Å². The van der Waals surface area contributed by atoms with E-state index in [9.17, 15) is 0 Å². The van der Waals surface area contributed by atoms with Crippen LogP contribution >= 0.6 is 11.3 Å². The summed E-state index contributed by atoms with van der Waals surface area (Å²) >= 11 is 1.99. The fourth-order valence-electron chi connectivity index (χ4n) is 4.11. The summed E-state index contributed by atoms with van der Waals surface area (Å²) < 4.78 is 0. The first kappa shape index (κ1) is 13.3. The van der Waals surface area contributed by atoms with Crippen LogP contribution in [0.25, 0.3) is 0 Å². The molecule has 2 aliphatic carbocycles. The molecule has 1 aliphatic heterocycles. The van der Waals surface area contributed by atoms with Gasteiger partial charge in [0.1, 0.15) is 0 Å². The molecule has 2 fully saturated rings. The molecule has 4 rings (SSSR count). The van der Waals surface area contributed by atoms with E-state index < -0.39 is 0 Å². The van der Waals surface area contributed by atoms with E-state index in [-0.39, 0.29) is 0 Å². The molecule has 1 aromatic heterocycles. The maximum atomic E-state index is 3.51. The average Bonchev–Trinajstić information content (AvgIpc) is 3.22. The summed E-state index contributed by atoms with van der Waals surface area (Å²) in [6, 6.07) is 4.06. The van der Waals surface area contributed by atoms with Gasteiger partial charge >= 0.3 is 0 Å². The van der Waals surface area contributed by atoms with Crippen LogP contribution < -0.4 is 5.32 Å². The molecule has 2 nitrogen and oxygen atoms in total. The molecule has 2 heterocycles. The van der Waals surface area contributed by atoms with Crippen LogP contribution in [0.2, 0.25) is 0 Å². The summed E-state index contributed by atoms with van der Waals surface area (Å²) in [5, 5.41) is 5.83.